The van der Waals surface area contributed by atoms with E-state index in [0.29, 0.717) is 31.3 Å². The van der Waals surface area contributed by atoms with Gasteiger partial charge in [-0.1, -0.05) is 44.9 Å². The van der Waals surface area contributed by atoms with Crippen molar-refractivity contribution in [1.82, 2.24) is 9.80 Å². The molecule has 0 saturated carbocycles. The first-order valence-corrected chi connectivity index (χ1v) is 13.2. The number of ether oxygens (including phenoxy) is 2. The summed E-state index contributed by atoms with van der Waals surface area (Å²) in [5.74, 6) is -0.663. The summed E-state index contributed by atoms with van der Waals surface area (Å²) in [5.41, 5.74) is 1.72. The van der Waals surface area contributed by atoms with Crippen LogP contribution in [0.3, 0.4) is 0 Å². The maximum absolute atomic E-state index is 13.3. The van der Waals surface area contributed by atoms with E-state index in [1.807, 2.05) is 35.0 Å². The number of likely N-dealkylation sites (tertiary alicyclic amines) is 1. The van der Waals surface area contributed by atoms with Crippen molar-refractivity contribution >= 4 is 12.4 Å². The molecular weight excluding hydrogens is 475 g/mol. The highest BCUT2D eigenvalue weighted by atomic mass is 19.1. The van der Waals surface area contributed by atoms with Crippen molar-refractivity contribution in [3.05, 3.63) is 59.4 Å². The summed E-state index contributed by atoms with van der Waals surface area (Å²) >= 11 is 0. The second-order valence-corrected chi connectivity index (χ2v) is 9.66. The molecule has 2 aromatic carbocycles. The first-order valence-electron chi connectivity index (χ1n) is 13.2. The fourth-order valence-electron chi connectivity index (χ4n) is 5.00. The number of carbonyl (C=O) groups is 2. The molecule has 1 N–H and O–H groups in total. The topological polar surface area (TPSA) is 79.3 Å². The number of carbonyl (C=O) groups excluding carboxylic acids is 1. The SMILES string of the molecule is CCCCN(C=O)CCCC.CN1CC(c2ccc3c(c2)OCCO3)C(C(=O)O)C1c1ccc(F)cc1. The van der Waals surface area contributed by atoms with Crippen LogP contribution >= 0.6 is 0 Å². The van der Waals surface area contributed by atoms with Gasteiger partial charge < -0.3 is 19.5 Å². The summed E-state index contributed by atoms with van der Waals surface area (Å²) in [6.45, 7) is 7.74. The van der Waals surface area contributed by atoms with E-state index in [9.17, 15) is 19.1 Å². The first kappa shape index (κ1) is 28.4. The van der Waals surface area contributed by atoms with Crippen LogP contribution in [0.2, 0.25) is 0 Å². The quantitative estimate of drug-likeness (QED) is 0.444. The molecule has 4 rings (SSSR count). The maximum atomic E-state index is 13.3. The summed E-state index contributed by atoms with van der Waals surface area (Å²) in [4.78, 5) is 26.4. The normalized spacial score (nSPS) is 20.6. The molecule has 37 heavy (non-hydrogen) atoms. The molecule has 1 saturated heterocycles. The molecule has 3 unspecified atom stereocenters. The molecule has 0 aliphatic carbocycles. The second kappa shape index (κ2) is 14.0. The van der Waals surface area contributed by atoms with Crippen molar-refractivity contribution in [2.45, 2.75) is 51.5 Å². The molecule has 8 heteroatoms. The third kappa shape index (κ3) is 7.44. The van der Waals surface area contributed by atoms with Crippen LogP contribution in [0.25, 0.3) is 0 Å². The zero-order valence-electron chi connectivity index (χ0n) is 22.1. The van der Waals surface area contributed by atoms with E-state index in [1.54, 1.807) is 12.1 Å². The number of carboxylic acids is 1. The van der Waals surface area contributed by atoms with Gasteiger partial charge in [0.05, 0.1) is 5.92 Å². The number of unbranched alkanes of at least 4 members (excludes halogenated alkanes) is 2. The predicted octanol–water partition coefficient (Wildman–Crippen LogP) is 5.11. The molecular formula is C29H39FN2O5. The van der Waals surface area contributed by atoms with Gasteiger partial charge in [-0.05, 0) is 55.3 Å². The third-order valence-electron chi connectivity index (χ3n) is 6.97. The van der Waals surface area contributed by atoms with Gasteiger partial charge >= 0.3 is 5.97 Å². The van der Waals surface area contributed by atoms with E-state index < -0.39 is 11.9 Å². The van der Waals surface area contributed by atoms with Crippen molar-refractivity contribution in [3.8, 4) is 11.5 Å². The molecule has 1 amide bonds. The Morgan fingerprint density at radius 2 is 1.62 bits per heavy atom. The van der Waals surface area contributed by atoms with Gasteiger partial charge in [0.25, 0.3) is 0 Å². The Hall–Kier alpha value is -3.13. The average molecular weight is 515 g/mol. The van der Waals surface area contributed by atoms with Crippen LogP contribution in [0, 0.1) is 11.7 Å². The number of hydrogen-bond acceptors (Lipinski definition) is 5. The Labute approximate surface area is 219 Å². The van der Waals surface area contributed by atoms with Gasteiger partial charge in [-0.3, -0.25) is 14.5 Å². The van der Waals surface area contributed by atoms with E-state index in [-0.39, 0.29) is 17.8 Å². The number of amides is 1. The van der Waals surface area contributed by atoms with Crippen LogP contribution < -0.4 is 9.47 Å². The minimum atomic E-state index is -0.858. The molecule has 0 radical (unpaired) electrons. The van der Waals surface area contributed by atoms with Crippen molar-refractivity contribution in [2.24, 2.45) is 5.92 Å². The zero-order valence-corrected chi connectivity index (χ0v) is 22.1. The van der Waals surface area contributed by atoms with Gasteiger partial charge in [-0.25, -0.2) is 4.39 Å². The fourth-order valence-corrected chi connectivity index (χ4v) is 5.00. The second-order valence-electron chi connectivity index (χ2n) is 9.66. The summed E-state index contributed by atoms with van der Waals surface area (Å²) in [6, 6.07) is 11.4. The highest BCUT2D eigenvalue weighted by molar-refractivity contribution is 5.73. The number of nitrogens with zero attached hydrogens (tertiary/aromatic N) is 2. The van der Waals surface area contributed by atoms with Crippen LogP contribution in [-0.4, -0.2) is 67.2 Å². The average Bonchev–Trinajstić information content (AvgIpc) is 3.26. The van der Waals surface area contributed by atoms with Crippen LogP contribution in [0.1, 0.15) is 62.6 Å². The van der Waals surface area contributed by atoms with E-state index in [1.165, 1.54) is 12.1 Å². The monoisotopic (exact) mass is 514 g/mol. The molecule has 3 atom stereocenters. The van der Waals surface area contributed by atoms with Crippen LogP contribution in [0.15, 0.2) is 42.5 Å². The molecule has 2 aromatic rings. The lowest BCUT2D eigenvalue weighted by Crippen LogP contribution is -2.26. The Bertz CT molecular complexity index is 1010. The summed E-state index contributed by atoms with van der Waals surface area (Å²) < 4.78 is 24.5. The van der Waals surface area contributed by atoms with E-state index in [2.05, 4.69) is 13.8 Å². The van der Waals surface area contributed by atoms with Crippen molar-refractivity contribution < 1.29 is 28.6 Å². The van der Waals surface area contributed by atoms with Gasteiger partial charge in [0.2, 0.25) is 6.41 Å². The summed E-state index contributed by atoms with van der Waals surface area (Å²) in [6.07, 6.45) is 5.54. The molecule has 0 spiro atoms. The number of carboxylic acid groups (broad SMARTS) is 1. The summed E-state index contributed by atoms with van der Waals surface area (Å²) in [5, 5.41) is 9.93. The molecule has 0 bridgehead atoms. The Kier molecular flexibility index (Phi) is 10.7. The van der Waals surface area contributed by atoms with Gasteiger partial charge in [-0.2, -0.15) is 0 Å². The fraction of sp³-hybridized carbons (Fsp3) is 0.517. The lowest BCUT2D eigenvalue weighted by atomic mass is 9.83. The highest BCUT2D eigenvalue weighted by Crippen LogP contribution is 2.46. The number of aliphatic carboxylic acids is 1. The molecule has 7 nitrogen and oxygen atoms in total. The van der Waals surface area contributed by atoms with E-state index in [4.69, 9.17) is 9.47 Å². The Morgan fingerprint density at radius 3 is 2.19 bits per heavy atom. The number of hydrogen-bond donors (Lipinski definition) is 1. The Balaban J connectivity index is 0.000000295. The molecule has 0 aromatic heterocycles. The predicted molar refractivity (Wildman–Crippen MR) is 141 cm³/mol. The van der Waals surface area contributed by atoms with Gasteiger partial charge in [0, 0.05) is 31.6 Å². The maximum Gasteiger partial charge on any atom is 0.309 e. The smallest absolute Gasteiger partial charge is 0.309 e. The lowest BCUT2D eigenvalue weighted by Gasteiger charge is -2.24. The van der Waals surface area contributed by atoms with Gasteiger partial charge in [0.15, 0.2) is 11.5 Å². The number of halogens is 1. The molecule has 2 heterocycles. The lowest BCUT2D eigenvalue weighted by molar-refractivity contribution is -0.143. The van der Waals surface area contributed by atoms with Crippen molar-refractivity contribution in [3.63, 3.8) is 0 Å². The summed E-state index contributed by atoms with van der Waals surface area (Å²) in [7, 11) is 1.90. The van der Waals surface area contributed by atoms with Crippen LogP contribution in [-0.2, 0) is 9.59 Å². The minimum Gasteiger partial charge on any atom is -0.486 e. The molecule has 2 aliphatic heterocycles. The minimum absolute atomic E-state index is 0.191. The molecule has 202 valence electrons. The van der Waals surface area contributed by atoms with E-state index >= 15 is 0 Å². The third-order valence-corrected chi connectivity index (χ3v) is 6.97. The standard InChI is InChI=1S/C20H20FNO4.C9H19NO/c1-22-11-15(13-4-7-16-17(10-13)26-9-8-25-16)18(20(23)24)19(22)12-2-5-14(21)6-3-12;1-3-5-7-10(9-11)8-6-4-2/h2-7,10,15,18-19H,8-9,11H2,1H3,(H,23,24);9H,3-8H2,1-2H3. The van der Waals surface area contributed by atoms with E-state index in [0.717, 1.165) is 56.3 Å². The number of benzene rings is 2. The van der Waals surface area contributed by atoms with Crippen molar-refractivity contribution in [2.75, 3.05) is 39.9 Å². The number of fused-ring (bicyclic) bond motifs is 1. The highest BCUT2D eigenvalue weighted by Gasteiger charge is 2.46. The zero-order chi connectivity index (χ0) is 26.8. The molecule has 2 aliphatic rings. The number of likely N-dealkylation sites (N-methyl/N-ethyl adjacent to an activating group) is 1. The van der Waals surface area contributed by atoms with Gasteiger partial charge in [-0.15, -0.1) is 0 Å². The van der Waals surface area contributed by atoms with Crippen LogP contribution in [0.5, 0.6) is 11.5 Å². The van der Waals surface area contributed by atoms with Gasteiger partial charge in [0.1, 0.15) is 19.0 Å². The largest absolute Gasteiger partial charge is 0.486 e. The molecule has 1 fully saturated rings. The van der Waals surface area contributed by atoms with Crippen LogP contribution in [0.4, 0.5) is 4.39 Å². The Morgan fingerprint density at radius 1 is 1.03 bits per heavy atom. The number of rotatable bonds is 10. The van der Waals surface area contributed by atoms with Crippen molar-refractivity contribution in [1.29, 1.82) is 0 Å². The first-order chi connectivity index (χ1) is 17.9.